The number of aromatic nitrogens is 1. The van der Waals surface area contributed by atoms with E-state index in [1.807, 2.05) is 17.9 Å². The standard InChI is InChI=1S/C14H21N3O/c1-10-6-12(9-16-8-10)14(18)17-5-3-4-11(2)13(17)7-15/h6,8-9,11,13H,3-5,7,15H2,1-2H3/t11-,13-/m1/s1. The van der Waals surface area contributed by atoms with Crippen molar-refractivity contribution in [2.45, 2.75) is 32.7 Å². The lowest BCUT2D eigenvalue weighted by Crippen LogP contribution is -2.51. The van der Waals surface area contributed by atoms with Gasteiger partial charge in [0, 0.05) is 31.5 Å². The maximum atomic E-state index is 12.5. The minimum Gasteiger partial charge on any atom is -0.334 e. The SMILES string of the molecule is Cc1cncc(C(=O)N2CCC[C@@H](C)[C@H]2CN)c1. The summed E-state index contributed by atoms with van der Waals surface area (Å²) >= 11 is 0. The number of aryl methyl sites for hydroxylation is 1. The zero-order valence-corrected chi connectivity index (χ0v) is 11.1. The Labute approximate surface area is 108 Å². The topological polar surface area (TPSA) is 59.2 Å². The summed E-state index contributed by atoms with van der Waals surface area (Å²) in [6, 6.07) is 2.05. The average molecular weight is 247 g/mol. The van der Waals surface area contributed by atoms with Crippen LogP contribution in [0.15, 0.2) is 18.5 Å². The first-order valence-corrected chi connectivity index (χ1v) is 6.56. The number of hydrogen-bond donors (Lipinski definition) is 1. The molecule has 0 bridgehead atoms. The summed E-state index contributed by atoms with van der Waals surface area (Å²) < 4.78 is 0. The molecule has 1 aliphatic heterocycles. The van der Waals surface area contributed by atoms with Gasteiger partial charge in [-0.25, -0.2) is 0 Å². The Kier molecular flexibility index (Phi) is 3.97. The normalized spacial score (nSPS) is 24.1. The Morgan fingerprint density at radius 3 is 3.00 bits per heavy atom. The van der Waals surface area contributed by atoms with Crippen molar-refractivity contribution in [1.82, 2.24) is 9.88 Å². The lowest BCUT2D eigenvalue weighted by molar-refractivity contribution is 0.0532. The Balaban J connectivity index is 2.21. The summed E-state index contributed by atoms with van der Waals surface area (Å²) in [6.45, 7) is 5.46. The highest BCUT2D eigenvalue weighted by Gasteiger charge is 2.31. The number of hydrogen-bond acceptors (Lipinski definition) is 3. The van der Waals surface area contributed by atoms with E-state index in [4.69, 9.17) is 5.73 Å². The van der Waals surface area contributed by atoms with Gasteiger partial charge in [0.15, 0.2) is 0 Å². The minimum absolute atomic E-state index is 0.0631. The highest BCUT2D eigenvalue weighted by Crippen LogP contribution is 2.24. The molecule has 1 fully saturated rings. The van der Waals surface area contributed by atoms with Crippen LogP contribution in [0.4, 0.5) is 0 Å². The van der Waals surface area contributed by atoms with E-state index in [1.165, 1.54) is 0 Å². The molecule has 4 nitrogen and oxygen atoms in total. The molecule has 0 radical (unpaired) electrons. The van der Waals surface area contributed by atoms with Crippen LogP contribution < -0.4 is 5.73 Å². The van der Waals surface area contributed by atoms with E-state index in [0.29, 0.717) is 18.0 Å². The maximum absolute atomic E-state index is 12.5. The van der Waals surface area contributed by atoms with Crippen LogP contribution in [0.5, 0.6) is 0 Å². The van der Waals surface area contributed by atoms with Gasteiger partial charge in [-0.1, -0.05) is 6.92 Å². The number of piperidine rings is 1. The number of rotatable bonds is 2. The van der Waals surface area contributed by atoms with Crippen molar-refractivity contribution in [1.29, 1.82) is 0 Å². The zero-order chi connectivity index (χ0) is 13.1. The monoisotopic (exact) mass is 247 g/mol. The lowest BCUT2D eigenvalue weighted by atomic mass is 9.90. The fourth-order valence-corrected chi connectivity index (χ4v) is 2.70. The van der Waals surface area contributed by atoms with Crippen LogP contribution in [0.1, 0.15) is 35.7 Å². The zero-order valence-electron chi connectivity index (χ0n) is 11.1. The molecule has 2 rings (SSSR count). The number of nitrogens with two attached hydrogens (primary N) is 1. The van der Waals surface area contributed by atoms with Crippen molar-refractivity contribution in [2.24, 2.45) is 11.7 Å². The summed E-state index contributed by atoms with van der Waals surface area (Å²) in [5, 5.41) is 0. The number of amides is 1. The molecule has 4 heteroatoms. The average Bonchev–Trinajstić information content (AvgIpc) is 2.37. The number of carbonyl (C=O) groups excluding carboxylic acids is 1. The quantitative estimate of drug-likeness (QED) is 0.863. The van der Waals surface area contributed by atoms with Crippen LogP contribution in [-0.2, 0) is 0 Å². The van der Waals surface area contributed by atoms with E-state index >= 15 is 0 Å². The van der Waals surface area contributed by atoms with Gasteiger partial charge in [-0.05, 0) is 37.3 Å². The summed E-state index contributed by atoms with van der Waals surface area (Å²) in [4.78, 5) is 18.5. The van der Waals surface area contributed by atoms with Gasteiger partial charge in [-0.2, -0.15) is 0 Å². The van der Waals surface area contributed by atoms with Crippen LogP contribution >= 0.6 is 0 Å². The molecular weight excluding hydrogens is 226 g/mol. The molecule has 2 N–H and O–H groups in total. The van der Waals surface area contributed by atoms with E-state index in [-0.39, 0.29) is 11.9 Å². The van der Waals surface area contributed by atoms with Gasteiger partial charge in [0.1, 0.15) is 0 Å². The Morgan fingerprint density at radius 2 is 2.33 bits per heavy atom. The Bertz CT molecular complexity index is 433. The molecule has 1 aliphatic rings. The maximum Gasteiger partial charge on any atom is 0.255 e. The molecule has 0 saturated carbocycles. The van der Waals surface area contributed by atoms with E-state index in [0.717, 1.165) is 24.9 Å². The van der Waals surface area contributed by atoms with Crippen molar-refractivity contribution < 1.29 is 4.79 Å². The summed E-state index contributed by atoms with van der Waals surface area (Å²) in [5.41, 5.74) is 7.50. The highest BCUT2D eigenvalue weighted by molar-refractivity contribution is 5.94. The Hall–Kier alpha value is -1.42. The van der Waals surface area contributed by atoms with Crippen molar-refractivity contribution in [2.75, 3.05) is 13.1 Å². The van der Waals surface area contributed by atoms with Gasteiger partial charge in [0.05, 0.1) is 5.56 Å². The molecule has 2 atom stereocenters. The fraction of sp³-hybridized carbons (Fsp3) is 0.571. The first kappa shape index (κ1) is 13.0. The molecule has 18 heavy (non-hydrogen) atoms. The van der Waals surface area contributed by atoms with Crippen LogP contribution in [0.3, 0.4) is 0 Å². The van der Waals surface area contributed by atoms with Crippen LogP contribution in [-0.4, -0.2) is 34.9 Å². The number of likely N-dealkylation sites (tertiary alicyclic amines) is 1. The smallest absolute Gasteiger partial charge is 0.255 e. The summed E-state index contributed by atoms with van der Waals surface area (Å²) in [6.07, 6.45) is 5.61. The Morgan fingerprint density at radius 1 is 1.56 bits per heavy atom. The first-order valence-electron chi connectivity index (χ1n) is 6.56. The third-order valence-electron chi connectivity index (χ3n) is 3.74. The fourth-order valence-electron chi connectivity index (χ4n) is 2.70. The predicted molar refractivity (Wildman–Crippen MR) is 71.3 cm³/mol. The molecule has 1 aromatic rings. The predicted octanol–water partition coefficient (Wildman–Crippen LogP) is 1.59. The van der Waals surface area contributed by atoms with E-state index in [1.54, 1.807) is 12.4 Å². The van der Waals surface area contributed by atoms with Gasteiger partial charge < -0.3 is 10.6 Å². The minimum atomic E-state index is 0.0631. The van der Waals surface area contributed by atoms with E-state index in [9.17, 15) is 4.79 Å². The molecule has 2 heterocycles. The second kappa shape index (κ2) is 5.48. The van der Waals surface area contributed by atoms with Gasteiger partial charge in [0.25, 0.3) is 5.91 Å². The molecule has 0 aliphatic carbocycles. The van der Waals surface area contributed by atoms with Crippen molar-refractivity contribution in [3.63, 3.8) is 0 Å². The largest absolute Gasteiger partial charge is 0.334 e. The highest BCUT2D eigenvalue weighted by atomic mass is 16.2. The van der Waals surface area contributed by atoms with Crippen molar-refractivity contribution >= 4 is 5.91 Å². The second-order valence-corrected chi connectivity index (χ2v) is 5.17. The third kappa shape index (κ3) is 2.53. The first-order chi connectivity index (χ1) is 8.63. The summed E-state index contributed by atoms with van der Waals surface area (Å²) in [7, 11) is 0. The second-order valence-electron chi connectivity index (χ2n) is 5.17. The van der Waals surface area contributed by atoms with E-state index < -0.39 is 0 Å². The number of pyridine rings is 1. The molecule has 0 aromatic carbocycles. The van der Waals surface area contributed by atoms with Crippen LogP contribution in [0.25, 0.3) is 0 Å². The van der Waals surface area contributed by atoms with Gasteiger partial charge >= 0.3 is 0 Å². The molecule has 0 unspecified atom stereocenters. The molecule has 1 aromatic heterocycles. The number of carbonyl (C=O) groups is 1. The molecule has 1 saturated heterocycles. The number of nitrogens with zero attached hydrogens (tertiary/aromatic N) is 2. The lowest BCUT2D eigenvalue weighted by Gasteiger charge is -2.39. The third-order valence-corrected chi connectivity index (χ3v) is 3.74. The molecule has 0 spiro atoms. The van der Waals surface area contributed by atoms with Crippen LogP contribution in [0, 0.1) is 12.8 Å². The van der Waals surface area contributed by atoms with E-state index in [2.05, 4.69) is 11.9 Å². The van der Waals surface area contributed by atoms with Crippen molar-refractivity contribution in [3.8, 4) is 0 Å². The van der Waals surface area contributed by atoms with Crippen LogP contribution in [0.2, 0.25) is 0 Å². The van der Waals surface area contributed by atoms with Gasteiger partial charge in [0.2, 0.25) is 0 Å². The summed E-state index contributed by atoms with van der Waals surface area (Å²) in [5.74, 6) is 0.540. The van der Waals surface area contributed by atoms with Crippen molar-refractivity contribution in [3.05, 3.63) is 29.6 Å². The molecule has 1 amide bonds. The molecule has 98 valence electrons. The molecular formula is C14H21N3O. The van der Waals surface area contributed by atoms with Gasteiger partial charge in [-0.15, -0.1) is 0 Å². The van der Waals surface area contributed by atoms with Gasteiger partial charge in [-0.3, -0.25) is 9.78 Å².